The van der Waals surface area contributed by atoms with Crippen LogP contribution in [0.15, 0.2) is 90.1 Å². The molecular weight excluding hydrogens is 478 g/mol. The van der Waals surface area contributed by atoms with Crippen LogP contribution < -0.4 is 22.3 Å². The van der Waals surface area contributed by atoms with Crippen LogP contribution >= 0.6 is 0 Å². The van der Waals surface area contributed by atoms with Gasteiger partial charge in [0.1, 0.15) is 5.52 Å². The maximum Gasteiger partial charge on any atom is 0.263 e. The van der Waals surface area contributed by atoms with Crippen LogP contribution in [0.4, 0.5) is 17.7 Å². The minimum Gasteiger partial charge on any atom is -0.368 e. The Morgan fingerprint density at radius 1 is 0.868 bits per heavy atom. The Labute approximate surface area is 217 Å². The first-order valence-electron chi connectivity index (χ1n) is 12.0. The number of nitrogens with one attached hydrogen (secondary N) is 1. The molecule has 0 aliphatic heterocycles. The topological polar surface area (TPSA) is 151 Å². The van der Waals surface area contributed by atoms with Gasteiger partial charge in [0, 0.05) is 35.5 Å². The second kappa shape index (κ2) is 9.25. The molecule has 4 heterocycles. The second-order valence-corrected chi connectivity index (χ2v) is 8.81. The molecule has 0 spiro atoms. The third-order valence-corrected chi connectivity index (χ3v) is 6.34. The van der Waals surface area contributed by atoms with Gasteiger partial charge in [0.15, 0.2) is 5.82 Å². The van der Waals surface area contributed by atoms with Crippen LogP contribution in [0, 0.1) is 0 Å². The van der Waals surface area contributed by atoms with Gasteiger partial charge in [-0.1, -0.05) is 36.4 Å². The highest BCUT2D eigenvalue weighted by molar-refractivity contribution is 5.96. The zero-order valence-electron chi connectivity index (χ0n) is 20.4. The molecular formula is C28H23N9O. The average molecular weight is 502 g/mol. The molecule has 0 aliphatic carbocycles. The molecule has 10 heteroatoms. The van der Waals surface area contributed by atoms with Crippen molar-refractivity contribution in [1.82, 2.24) is 29.5 Å². The number of fused-ring (bicyclic) bond motifs is 2. The third-order valence-electron chi connectivity index (χ3n) is 6.34. The molecule has 1 atom stereocenters. The van der Waals surface area contributed by atoms with E-state index in [2.05, 4.69) is 30.2 Å². The van der Waals surface area contributed by atoms with Crippen molar-refractivity contribution in [3.05, 3.63) is 101 Å². The van der Waals surface area contributed by atoms with E-state index in [-0.39, 0.29) is 23.5 Å². The van der Waals surface area contributed by atoms with E-state index < -0.39 is 0 Å². The summed E-state index contributed by atoms with van der Waals surface area (Å²) in [6.07, 6.45) is 4.92. The number of nitrogen functional groups attached to an aromatic ring is 2. The van der Waals surface area contributed by atoms with Gasteiger partial charge in [-0.3, -0.25) is 14.3 Å². The lowest BCUT2D eigenvalue weighted by Crippen LogP contribution is -2.26. The van der Waals surface area contributed by atoms with Crippen LogP contribution in [0.1, 0.15) is 18.7 Å². The number of hydrogen-bond donors (Lipinski definition) is 3. The van der Waals surface area contributed by atoms with Crippen molar-refractivity contribution in [2.24, 2.45) is 0 Å². The van der Waals surface area contributed by atoms with Crippen molar-refractivity contribution < 1.29 is 0 Å². The summed E-state index contributed by atoms with van der Waals surface area (Å²) in [7, 11) is 0. The van der Waals surface area contributed by atoms with Crippen LogP contribution in [0.3, 0.4) is 0 Å². The number of aromatic nitrogens is 6. The number of pyridine rings is 2. The Morgan fingerprint density at radius 2 is 1.66 bits per heavy atom. The smallest absolute Gasteiger partial charge is 0.263 e. The number of rotatable bonds is 5. The number of nitrogens with zero attached hydrogens (tertiary/aromatic N) is 6. The predicted octanol–water partition coefficient (Wildman–Crippen LogP) is 4.12. The standard InChI is InChI=1S/C28H23N9O/c1-16(34-25-24-21(11-6-12-31-24)35-28(30)36-25)22-13-17-7-5-10-20(18-14-32-27(29)33-15-18)23(17)26(38)37(22)19-8-3-2-4-9-19/h2-16H,1H3,(H2,29,32,33)(H3,30,34,35,36)/t16-/m0/s1. The van der Waals surface area contributed by atoms with E-state index in [4.69, 9.17) is 11.5 Å². The van der Waals surface area contributed by atoms with Gasteiger partial charge in [-0.25, -0.2) is 15.0 Å². The van der Waals surface area contributed by atoms with Crippen molar-refractivity contribution in [3.63, 3.8) is 0 Å². The molecule has 10 nitrogen and oxygen atoms in total. The molecule has 186 valence electrons. The van der Waals surface area contributed by atoms with Crippen LogP contribution in [0.2, 0.25) is 0 Å². The highest BCUT2D eigenvalue weighted by atomic mass is 16.1. The summed E-state index contributed by atoms with van der Waals surface area (Å²) in [5.74, 6) is 0.792. The molecule has 38 heavy (non-hydrogen) atoms. The second-order valence-electron chi connectivity index (χ2n) is 8.81. The van der Waals surface area contributed by atoms with E-state index in [1.165, 1.54) is 0 Å². The number of anilines is 3. The van der Waals surface area contributed by atoms with Gasteiger partial charge in [0.25, 0.3) is 5.56 Å². The van der Waals surface area contributed by atoms with E-state index in [1.807, 2.05) is 67.6 Å². The number of benzene rings is 2. The molecule has 6 rings (SSSR count). The van der Waals surface area contributed by atoms with Crippen molar-refractivity contribution in [3.8, 4) is 16.8 Å². The molecule has 0 saturated heterocycles. The van der Waals surface area contributed by atoms with Gasteiger partial charge in [-0.15, -0.1) is 0 Å². The summed E-state index contributed by atoms with van der Waals surface area (Å²) in [6, 6.07) is 20.5. The van der Waals surface area contributed by atoms with E-state index in [0.717, 1.165) is 22.3 Å². The first kappa shape index (κ1) is 23.0. The molecule has 6 aromatic rings. The molecule has 0 bridgehead atoms. The highest BCUT2D eigenvalue weighted by Gasteiger charge is 2.20. The summed E-state index contributed by atoms with van der Waals surface area (Å²) in [6.45, 7) is 1.96. The maximum absolute atomic E-state index is 14.2. The lowest BCUT2D eigenvalue weighted by atomic mass is 9.99. The minimum absolute atomic E-state index is 0.134. The molecule has 5 N–H and O–H groups in total. The lowest BCUT2D eigenvalue weighted by molar-refractivity contribution is 0.774. The first-order chi connectivity index (χ1) is 18.5. The van der Waals surface area contributed by atoms with E-state index in [0.29, 0.717) is 27.8 Å². The zero-order chi connectivity index (χ0) is 26.2. The van der Waals surface area contributed by atoms with Crippen molar-refractivity contribution in [2.75, 3.05) is 16.8 Å². The quantitative estimate of drug-likeness (QED) is 0.317. The fraction of sp³-hybridized carbons (Fsp3) is 0.0714. The molecule has 0 radical (unpaired) electrons. The molecule has 0 saturated carbocycles. The van der Waals surface area contributed by atoms with Crippen molar-refractivity contribution >= 4 is 39.5 Å². The lowest BCUT2D eigenvalue weighted by Gasteiger charge is -2.22. The maximum atomic E-state index is 14.2. The van der Waals surface area contributed by atoms with Gasteiger partial charge >= 0.3 is 0 Å². The molecule has 0 amide bonds. The number of para-hydroxylation sites is 1. The summed E-state index contributed by atoms with van der Waals surface area (Å²) >= 11 is 0. The van der Waals surface area contributed by atoms with Crippen molar-refractivity contribution in [1.29, 1.82) is 0 Å². The fourth-order valence-electron chi connectivity index (χ4n) is 4.63. The summed E-state index contributed by atoms with van der Waals surface area (Å²) in [5, 5.41) is 4.75. The first-order valence-corrected chi connectivity index (χ1v) is 12.0. The largest absolute Gasteiger partial charge is 0.368 e. The molecule has 0 aliphatic rings. The van der Waals surface area contributed by atoms with Gasteiger partial charge < -0.3 is 16.8 Å². The van der Waals surface area contributed by atoms with E-state index in [1.54, 1.807) is 29.2 Å². The summed E-state index contributed by atoms with van der Waals surface area (Å²) in [4.78, 5) is 35.6. The molecule has 2 aromatic carbocycles. The average Bonchev–Trinajstić information content (AvgIpc) is 2.93. The highest BCUT2D eigenvalue weighted by Crippen LogP contribution is 2.30. The van der Waals surface area contributed by atoms with E-state index in [9.17, 15) is 4.79 Å². The zero-order valence-corrected chi connectivity index (χ0v) is 20.4. The normalized spacial score (nSPS) is 12.0. The molecule has 0 unspecified atom stereocenters. The Hall–Kier alpha value is -5.38. The monoisotopic (exact) mass is 501 g/mol. The predicted molar refractivity (Wildman–Crippen MR) is 149 cm³/mol. The van der Waals surface area contributed by atoms with Crippen LogP contribution in [0.25, 0.3) is 38.6 Å². The fourth-order valence-corrected chi connectivity index (χ4v) is 4.63. The molecule has 4 aromatic heterocycles. The van der Waals surface area contributed by atoms with E-state index >= 15 is 0 Å². The van der Waals surface area contributed by atoms with Gasteiger partial charge in [-0.05, 0) is 48.2 Å². The Bertz CT molecular complexity index is 1850. The summed E-state index contributed by atoms with van der Waals surface area (Å²) in [5.41, 5.74) is 15.6. The SMILES string of the molecule is C[C@H](Nc1nc(N)nc2cccnc12)c1cc2cccc(-c3cnc(N)nc3)c2c(=O)n1-c1ccccc1. The third kappa shape index (κ3) is 4.03. The Kier molecular flexibility index (Phi) is 5.61. The van der Waals surface area contributed by atoms with Crippen LogP contribution in [0.5, 0.6) is 0 Å². The van der Waals surface area contributed by atoms with Gasteiger partial charge in [-0.2, -0.15) is 4.98 Å². The Balaban J connectivity index is 1.57. The minimum atomic E-state index is -0.352. The van der Waals surface area contributed by atoms with Crippen molar-refractivity contribution in [2.45, 2.75) is 13.0 Å². The number of hydrogen-bond acceptors (Lipinski definition) is 9. The Morgan fingerprint density at radius 3 is 2.45 bits per heavy atom. The van der Waals surface area contributed by atoms with Crippen LogP contribution in [-0.2, 0) is 0 Å². The molecule has 0 fully saturated rings. The summed E-state index contributed by atoms with van der Waals surface area (Å²) < 4.78 is 1.71. The van der Waals surface area contributed by atoms with Gasteiger partial charge in [0.2, 0.25) is 11.9 Å². The van der Waals surface area contributed by atoms with Crippen LogP contribution in [-0.4, -0.2) is 29.5 Å². The number of nitrogens with two attached hydrogens (primary N) is 2. The van der Waals surface area contributed by atoms with Gasteiger partial charge in [0.05, 0.1) is 16.9 Å².